The maximum atomic E-state index is 12.9. The minimum absolute atomic E-state index is 0.139. The molecule has 3 rings (SSSR count). The van der Waals surface area contributed by atoms with Crippen LogP contribution in [-0.2, 0) is 11.3 Å². The Balaban J connectivity index is 1.69. The van der Waals surface area contributed by atoms with Gasteiger partial charge in [0.1, 0.15) is 5.75 Å². The first-order valence-electron chi connectivity index (χ1n) is 9.28. The fourth-order valence-corrected chi connectivity index (χ4v) is 3.43. The van der Waals surface area contributed by atoms with E-state index >= 15 is 0 Å². The molecule has 1 saturated heterocycles. The third-order valence-electron chi connectivity index (χ3n) is 5.17. The second-order valence-electron chi connectivity index (χ2n) is 7.23. The van der Waals surface area contributed by atoms with Gasteiger partial charge >= 0.3 is 0 Å². The summed E-state index contributed by atoms with van der Waals surface area (Å²) >= 11 is 0. The van der Waals surface area contributed by atoms with Gasteiger partial charge in [-0.25, -0.2) is 0 Å². The van der Waals surface area contributed by atoms with Crippen molar-refractivity contribution in [3.63, 3.8) is 0 Å². The Kier molecular flexibility index (Phi) is 5.62. The Morgan fingerprint density at radius 2 is 1.85 bits per heavy atom. The largest absolute Gasteiger partial charge is 0.497 e. The van der Waals surface area contributed by atoms with Crippen LogP contribution in [0.5, 0.6) is 5.75 Å². The Labute approximate surface area is 156 Å². The second kappa shape index (κ2) is 7.92. The van der Waals surface area contributed by atoms with Crippen LogP contribution in [0.4, 0.5) is 5.69 Å². The maximum Gasteiger partial charge on any atom is 0.244 e. The van der Waals surface area contributed by atoms with Gasteiger partial charge in [0.05, 0.1) is 13.2 Å². The van der Waals surface area contributed by atoms with Crippen molar-refractivity contribution in [2.75, 3.05) is 25.1 Å². The highest BCUT2D eigenvalue weighted by molar-refractivity contribution is 5.97. The zero-order valence-electron chi connectivity index (χ0n) is 16.1. The molecule has 138 valence electrons. The lowest BCUT2D eigenvalue weighted by Gasteiger charge is -2.39. The molecule has 1 amide bonds. The molecule has 0 N–H and O–H groups in total. The third kappa shape index (κ3) is 3.91. The van der Waals surface area contributed by atoms with Gasteiger partial charge in [-0.15, -0.1) is 0 Å². The van der Waals surface area contributed by atoms with Crippen LogP contribution in [0.15, 0.2) is 48.5 Å². The van der Waals surface area contributed by atoms with Crippen LogP contribution in [0, 0.1) is 0 Å². The molecule has 0 bridgehead atoms. The molecule has 1 fully saturated rings. The fraction of sp³-hybridized carbons (Fsp3) is 0.409. The van der Waals surface area contributed by atoms with E-state index in [9.17, 15) is 4.79 Å². The number of amides is 1. The number of carbonyl (C=O) groups is 1. The number of methoxy groups -OCH3 is 1. The number of anilines is 1. The summed E-state index contributed by atoms with van der Waals surface area (Å²) in [4.78, 5) is 17.1. The van der Waals surface area contributed by atoms with E-state index in [4.69, 9.17) is 4.74 Å². The van der Waals surface area contributed by atoms with E-state index in [0.29, 0.717) is 12.5 Å². The van der Waals surface area contributed by atoms with Crippen molar-refractivity contribution in [2.45, 2.75) is 39.3 Å². The van der Waals surface area contributed by atoms with E-state index in [1.807, 2.05) is 30.0 Å². The number of hydrogen-bond acceptors (Lipinski definition) is 3. The van der Waals surface area contributed by atoms with Crippen molar-refractivity contribution >= 4 is 11.6 Å². The van der Waals surface area contributed by atoms with Crippen LogP contribution in [0.1, 0.15) is 37.8 Å². The summed E-state index contributed by atoms with van der Waals surface area (Å²) in [6.07, 6.45) is 0. The van der Waals surface area contributed by atoms with Gasteiger partial charge in [0.15, 0.2) is 0 Å². The fourth-order valence-electron chi connectivity index (χ4n) is 3.43. The maximum absolute atomic E-state index is 12.9. The quantitative estimate of drug-likeness (QED) is 0.814. The predicted octanol–water partition coefficient (Wildman–Crippen LogP) is 4.06. The highest BCUT2D eigenvalue weighted by Crippen LogP contribution is 2.24. The molecule has 1 heterocycles. The number of nitrogens with zero attached hydrogens (tertiary/aromatic N) is 2. The number of benzene rings is 2. The SMILES string of the molecule is COc1cccc(CN2CCN(c3ccc(C(C)C)cc3)C(=O)[C@H]2C)c1. The number of carbonyl (C=O) groups excluding carboxylic acids is 1. The molecule has 1 atom stereocenters. The first-order chi connectivity index (χ1) is 12.5. The lowest BCUT2D eigenvalue weighted by Crippen LogP contribution is -2.55. The summed E-state index contributed by atoms with van der Waals surface area (Å²) in [6, 6.07) is 16.3. The summed E-state index contributed by atoms with van der Waals surface area (Å²) in [5.41, 5.74) is 3.46. The molecular weight excluding hydrogens is 324 g/mol. The van der Waals surface area contributed by atoms with Gasteiger partial charge in [-0.3, -0.25) is 9.69 Å². The van der Waals surface area contributed by atoms with E-state index in [1.54, 1.807) is 7.11 Å². The summed E-state index contributed by atoms with van der Waals surface area (Å²) in [6.45, 7) is 8.69. The summed E-state index contributed by atoms with van der Waals surface area (Å²) in [5.74, 6) is 1.51. The van der Waals surface area contributed by atoms with Crippen LogP contribution in [-0.4, -0.2) is 37.0 Å². The van der Waals surface area contributed by atoms with Gasteiger partial charge in [0.2, 0.25) is 5.91 Å². The number of hydrogen-bond donors (Lipinski definition) is 0. The monoisotopic (exact) mass is 352 g/mol. The Bertz CT molecular complexity index is 755. The van der Waals surface area contributed by atoms with E-state index in [0.717, 1.165) is 24.5 Å². The van der Waals surface area contributed by atoms with Crippen molar-refractivity contribution in [1.29, 1.82) is 0 Å². The minimum Gasteiger partial charge on any atom is -0.497 e. The molecular formula is C22H28N2O2. The average Bonchev–Trinajstić information content (AvgIpc) is 2.66. The third-order valence-corrected chi connectivity index (χ3v) is 5.17. The summed E-state index contributed by atoms with van der Waals surface area (Å²) in [5, 5.41) is 0. The van der Waals surface area contributed by atoms with Crippen LogP contribution in [0.25, 0.3) is 0 Å². The number of piperazine rings is 1. The van der Waals surface area contributed by atoms with Crippen LogP contribution < -0.4 is 9.64 Å². The van der Waals surface area contributed by atoms with Crippen LogP contribution in [0.2, 0.25) is 0 Å². The van der Waals surface area contributed by atoms with Crippen molar-refractivity contribution in [3.8, 4) is 5.75 Å². The van der Waals surface area contributed by atoms with Crippen molar-refractivity contribution in [2.24, 2.45) is 0 Å². The first-order valence-corrected chi connectivity index (χ1v) is 9.28. The summed E-state index contributed by atoms with van der Waals surface area (Å²) < 4.78 is 5.30. The minimum atomic E-state index is -0.139. The molecule has 0 saturated carbocycles. The van der Waals surface area contributed by atoms with Gasteiger partial charge in [0.25, 0.3) is 0 Å². The van der Waals surface area contributed by atoms with Crippen molar-refractivity contribution in [3.05, 3.63) is 59.7 Å². The molecule has 0 aromatic heterocycles. The summed E-state index contributed by atoms with van der Waals surface area (Å²) in [7, 11) is 1.68. The Morgan fingerprint density at radius 3 is 2.50 bits per heavy atom. The normalized spacial score (nSPS) is 18.4. The van der Waals surface area contributed by atoms with E-state index in [2.05, 4.69) is 49.1 Å². The van der Waals surface area contributed by atoms with Gasteiger partial charge in [-0.05, 0) is 48.2 Å². The molecule has 0 aliphatic carbocycles. The smallest absolute Gasteiger partial charge is 0.244 e. The Hall–Kier alpha value is -2.33. The number of rotatable bonds is 5. The zero-order chi connectivity index (χ0) is 18.7. The van der Waals surface area contributed by atoms with Crippen molar-refractivity contribution in [1.82, 2.24) is 4.90 Å². The molecule has 0 radical (unpaired) electrons. The standard InChI is InChI=1S/C22H28N2O2/c1-16(2)19-8-10-20(11-9-19)24-13-12-23(17(3)22(24)25)15-18-6-5-7-21(14-18)26-4/h5-11,14,16-17H,12-13,15H2,1-4H3/t17-/m1/s1. The van der Waals surface area contributed by atoms with E-state index in [1.165, 1.54) is 11.1 Å². The topological polar surface area (TPSA) is 32.8 Å². The molecule has 0 unspecified atom stereocenters. The van der Waals surface area contributed by atoms with Gasteiger partial charge in [-0.1, -0.05) is 38.1 Å². The van der Waals surface area contributed by atoms with Gasteiger partial charge < -0.3 is 9.64 Å². The molecule has 2 aromatic rings. The lowest BCUT2D eigenvalue weighted by molar-refractivity contribution is -0.125. The molecule has 1 aliphatic rings. The lowest BCUT2D eigenvalue weighted by atomic mass is 10.0. The molecule has 26 heavy (non-hydrogen) atoms. The average molecular weight is 352 g/mol. The first kappa shape index (κ1) is 18.5. The molecule has 4 nitrogen and oxygen atoms in total. The van der Waals surface area contributed by atoms with Crippen molar-refractivity contribution < 1.29 is 9.53 Å². The highest BCUT2D eigenvalue weighted by Gasteiger charge is 2.32. The van der Waals surface area contributed by atoms with E-state index < -0.39 is 0 Å². The zero-order valence-corrected chi connectivity index (χ0v) is 16.1. The van der Waals surface area contributed by atoms with Gasteiger partial charge in [0, 0.05) is 25.3 Å². The molecule has 2 aromatic carbocycles. The highest BCUT2D eigenvalue weighted by atomic mass is 16.5. The van der Waals surface area contributed by atoms with Gasteiger partial charge in [-0.2, -0.15) is 0 Å². The predicted molar refractivity (Wildman–Crippen MR) is 106 cm³/mol. The molecule has 4 heteroatoms. The molecule has 1 aliphatic heterocycles. The Morgan fingerprint density at radius 1 is 1.12 bits per heavy atom. The molecule has 0 spiro atoms. The number of ether oxygens (including phenoxy) is 1. The van der Waals surface area contributed by atoms with Crippen LogP contribution >= 0.6 is 0 Å². The second-order valence-corrected chi connectivity index (χ2v) is 7.23. The van der Waals surface area contributed by atoms with Crippen LogP contribution in [0.3, 0.4) is 0 Å². The van der Waals surface area contributed by atoms with E-state index in [-0.39, 0.29) is 11.9 Å².